The molecule has 25 heavy (non-hydrogen) atoms. The van der Waals surface area contributed by atoms with Crippen LogP contribution in [-0.4, -0.2) is 38.4 Å². The van der Waals surface area contributed by atoms with E-state index in [4.69, 9.17) is 0 Å². The molecule has 2 aliphatic carbocycles. The second-order valence-corrected chi connectivity index (χ2v) is 8.08. The predicted octanol–water partition coefficient (Wildman–Crippen LogP) is 3.08. The lowest BCUT2D eigenvalue weighted by Crippen LogP contribution is -2.63. The number of halogens is 1. The monoisotopic (exact) mass is 340 g/mol. The highest BCUT2D eigenvalue weighted by atomic mass is 19.1. The summed E-state index contributed by atoms with van der Waals surface area (Å²) in [6.07, 6.45) is 10.3. The molecule has 5 rings (SSSR count). The van der Waals surface area contributed by atoms with Gasteiger partial charge in [0.05, 0.1) is 17.6 Å². The Hall–Kier alpha value is -2.24. The van der Waals surface area contributed by atoms with E-state index in [2.05, 4.69) is 20.7 Å². The Balaban J connectivity index is 1.19. The van der Waals surface area contributed by atoms with Crippen LogP contribution in [0.25, 0.3) is 0 Å². The molecule has 1 aliphatic heterocycles. The maximum Gasteiger partial charge on any atom is 0.255 e. The molecule has 0 radical (unpaired) electrons. The summed E-state index contributed by atoms with van der Waals surface area (Å²) in [4.78, 5) is 22.6. The van der Waals surface area contributed by atoms with Crippen LogP contribution in [0.15, 0.2) is 24.8 Å². The van der Waals surface area contributed by atoms with Gasteiger partial charge >= 0.3 is 0 Å². The Bertz CT molecular complexity index is 843. The average Bonchev–Trinajstić information content (AvgIpc) is 3.26. The van der Waals surface area contributed by atoms with Crippen molar-refractivity contribution in [3.05, 3.63) is 47.6 Å². The van der Waals surface area contributed by atoms with Crippen LogP contribution in [0, 0.1) is 18.3 Å². The Labute approximate surface area is 145 Å². The normalized spacial score (nSPS) is 21.9. The van der Waals surface area contributed by atoms with Crippen LogP contribution in [0.2, 0.25) is 0 Å². The summed E-state index contributed by atoms with van der Waals surface area (Å²) in [5.41, 5.74) is 2.41. The molecule has 0 unspecified atom stereocenters. The van der Waals surface area contributed by atoms with Gasteiger partial charge in [0, 0.05) is 48.4 Å². The minimum atomic E-state index is -0.510. The van der Waals surface area contributed by atoms with E-state index in [1.165, 1.54) is 24.7 Å². The van der Waals surface area contributed by atoms with Crippen molar-refractivity contribution in [2.45, 2.75) is 44.6 Å². The molecule has 130 valence electrons. The van der Waals surface area contributed by atoms with E-state index >= 15 is 0 Å². The van der Waals surface area contributed by atoms with E-state index in [9.17, 15) is 9.18 Å². The van der Waals surface area contributed by atoms with Crippen molar-refractivity contribution >= 4 is 5.91 Å². The van der Waals surface area contributed by atoms with E-state index in [0.717, 1.165) is 25.9 Å². The van der Waals surface area contributed by atoms with Crippen molar-refractivity contribution in [1.82, 2.24) is 19.4 Å². The molecule has 0 atom stereocenters. The van der Waals surface area contributed by atoms with Crippen molar-refractivity contribution in [3.63, 3.8) is 0 Å². The van der Waals surface area contributed by atoms with E-state index in [-0.39, 0.29) is 11.3 Å². The third-order valence-corrected chi connectivity index (χ3v) is 5.98. The maximum atomic E-state index is 13.3. The molecule has 0 N–H and O–H groups in total. The summed E-state index contributed by atoms with van der Waals surface area (Å²) in [5.74, 6) is 0.146. The SMILES string of the molecule is Cc1cc(C(=O)N2CC3(CC(n4cnc(C5CC5)c4)C3)C2)cnc1F. The number of likely N-dealkylation sites (tertiary alicyclic amines) is 1. The van der Waals surface area contributed by atoms with Gasteiger partial charge in [0.1, 0.15) is 0 Å². The zero-order valence-electron chi connectivity index (χ0n) is 14.3. The third-order valence-electron chi connectivity index (χ3n) is 5.98. The second kappa shape index (κ2) is 5.13. The van der Waals surface area contributed by atoms with Crippen LogP contribution in [0.5, 0.6) is 0 Å². The molecule has 5 nitrogen and oxygen atoms in total. The highest BCUT2D eigenvalue weighted by molar-refractivity contribution is 5.94. The second-order valence-electron chi connectivity index (χ2n) is 8.08. The fourth-order valence-electron chi connectivity index (χ4n) is 4.32. The number of aryl methyl sites for hydroxylation is 1. The van der Waals surface area contributed by atoms with Crippen molar-refractivity contribution < 1.29 is 9.18 Å². The molecule has 3 heterocycles. The number of hydrogen-bond donors (Lipinski definition) is 0. The smallest absolute Gasteiger partial charge is 0.255 e. The Morgan fingerprint density at radius 1 is 1.28 bits per heavy atom. The summed E-state index contributed by atoms with van der Waals surface area (Å²) in [6.45, 7) is 3.22. The standard InChI is InChI=1S/C19H21FN4O/c1-12-4-14(7-21-17(12)20)18(25)24-9-19(10-24)5-15(6-19)23-8-16(22-11-23)13-2-3-13/h4,7-8,11,13,15H,2-3,5-6,9-10H2,1H3. The lowest BCUT2D eigenvalue weighted by atomic mass is 9.60. The van der Waals surface area contributed by atoms with Crippen LogP contribution in [0.1, 0.15) is 59.3 Å². The van der Waals surface area contributed by atoms with Gasteiger partial charge in [0.15, 0.2) is 0 Å². The van der Waals surface area contributed by atoms with Crippen LogP contribution < -0.4 is 0 Å². The van der Waals surface area contributed by atoms with Gasteiger partial charge < -0.3 is 9.47 Å². The zero-order chi connectivity index (χ0) is 17.2. The zero-order valence-corrected chi connectivity index (χ0v) is 14.3. The van der Waals surface area contributed by atoms with Gasteiger partial charge in [-0.3, -0.25) is 4.79 Å². The molecule has 2 aromatic rings. The molecule has 0 aromatic carbocycles. The Morgan fingerprint density at radius 3 is 2.72 bits per heavy atom. The largest absolute Gasteiger partial charge is 0.337 e. The summed E-state index contributed by atoms with van der Waals surface area (Å²) in [6, 6.07) is 2.11. The van der Waals surface area contributed by atoms with Gasteiger partial charge in [0.25, 0.3) is 5.91 Å². The van der Waals surface area contributed by atoms with E-state index in [1.807, 2.05) is 11.2 Å². The summed E-state index contributed by atoms with van der Waals surface area (Å²) >= 11 is 0. The van der Waals surface area contributed by atoms with Crippen molar-refractivity contribution in [1.29, 1.82) is 0 Å². The number of rotatable bonds is 3. The lowest BCUT2D eigenvalue weighted by molar-refractivity contribution is -0.0711. The molecule has 1 amide bonds. The van der Waals surface area contributed by atoms with Crippen LogP contribution in [0.3, 0.4) is 0 Å². The Morgan fingerprint density at radius 2 is 2.04 bits per heavy atom. The summed E-state index contributed by atoms with van der Waals surface area (Å²) in [5, 5.41) is 0. The minimum absolute atomic E-state index is 0.0386. The molecule has 6 heteroatoms. The predicted molar refractivity (Wildman–Crippen MR) is 89.7 cm³/mol. The fraction of sp³-hybridized carbons (Fsp3) is 0.526. The molecule has 2 saturated carbocycles. The number of hydrogen-bond acceptors (Lipinski definition) is 3. The molecule has 1 saturated heterocycles. The first-order valence-corrected chi connectivity index (χ1v) is 8.98. The van der Waals surface area contributed by atoms with Gasteiger partial charge in [-0.25, -0.2) is 9.97 Å². The fourth-order valence-corrected chi connectivity index (χ4v) is 4.32. The van der Waals surface area contributed by atoms with Gasteiger partial charge in [-0.2, -0.15) is 4.39 Å². The molecule has 0 bridgehead atoms. The topological polar surface area (TPSA) is 51.0 Å². The number of pyridine rings is 1. The first-order chi connectivity index (χ1) is 12.0. The molecule has 1 spiro atoms. The van der Waals surface area contributed by atoms with E-state index < -0.39 is 5.95 Å². The summed E-state index contributed by atoms with van der Waals surface area (Å²) in [7, 11) is 0. The highest BCUT2D eigenvalue weighted by Crippen LogP contribution is 2.54. The van der Waals surface area contributed by atoms with Crippen molar-refractivity contribution in [2.75, 3.05) is 13.1 Å². The van der Waals surface area contributed by atoms with Crippen molar-refractivity contribution in [3.8, 4) is 0 Å². The summed E-state index contributed by atoms with van der Waals surface area (Å²) < 4.78 is 15.5. The highest BCUT2D eigenvalue weighted by Gasteiger charge is 2.54. The van der Waals surface area contributed by atoms with E-state index in [1.54, 1.807) is 13.0 Å². The maximum absolute atomic E-state index is 13.3. The number of carbonyl (C=O) groups is 1. The lowest BCUT2D eigenvalue weighted by Gasteiger charge is -2.59. The van der Waals surface area contributed by atoms with Gasteiger partial charge in [-0.15, -0.1) is 0 Å². The third kappa shape index (κ3) is 2.46. The minimum Gasteiger partial charge on any atom is -0.337 e. The van der Waals surface area contributed by atoms with Gasteiger partial charge in [-0.1, -0.05) is 0 Å². The average molecular weight is 340 g/mol. The molecule has 3 aliphatic rings. The number of amides is 1. The number of aromatic nitrogens is 3. The molecular formula is C19H21FN4O. The van der Waals surface area contributed by atoms with Crippen LogP contribution in [0.4, 0.5) is 4.39 Å². The van der Waals surface area contributed by atoms with Gasteiger partial charge in [-0.05, 0) is 38.7 Å². The number of imidazole rings is 1. The first kappa shape index (κ1) is 15.0. The first-order valence-electron chi connectivity index (χ1n) is 8.98. The van der Waals surface area contributed by atoms with E-state index in [0.29, 0.717) is 23.1 Å². The van der Waals surface area contributed by atoms with Crippen LogP contribution >= 0.6 is 0 Å². The molecule has 3 fully saturated rings. The number of carbonyl (C=O) groups excluding carboxylic acids is 1. The number of nitrogens with zero attached hydrogens (tertiary/aromatic N) is 4. The quantitative estimate of drug-likeness (QED) is 0.807. The molecule has 2 aromatic heterocycles. The van der Waals surface area contributed by atoms with Crippen molar-refractivity contribution in [2.24, 2.45) is 5.41 Å². The van der Waals surface area contributed by atoms with Crippen LogP contribution in [-0.2, 0) is 0 Å². The van der Waals surface area contributed by atoms with Gasteiger partial charge in [0.2, 0.25) is 5.95 Å². The Kier molecular flexibility index (Phi) is 3.09. The molecular weight excluding hydrogens is 319 g/mol.